The normalized spacial score (nSPS) is 16.5. The van der Waals surface area contributed by atoms with E-state index in [4.69, 9.17) is 4.74 Å². The molecule has 0 saturated carbocycles. The number of nitrogens with zero attached hydrogens (tertiary/aromatic N) is 3. The van der Waals surface area contributed by atoms with Crippen LogP contribution in [0.2, 0.25) is 0 Å². The molecule has 1 aliphatic heterocycles. The molecule has 3 aromatic heterocycles. The first-order chi connectivity index (χ1) is 18.8. The van der Waals surface area contributed by atoms with Crippen molar-refractivity contribution in [1.82, 2.24) is 13.7 Å². The summed E-state index contributed by atoms with van der Waals surface area (Å²) >= 11 is 0. The Balaban J connectivity index is 1.58. The van der Waals surface area contributed by atoms with Gasteiger partial charge in [0.2, 0.25) is 0 Å². The second kappa shape index (κ2) is 7.40. The molecule has 4 heteroatoms. The monoisotopic (exact) mass is 493 g/mol. The van der Waals surface area contributed by atoms with Gasteiger partial charge in [0.25, 0.3) is 0 Å². The minimum atomic E-state index is -0.0461. The molecule has 184 valence electrons. The van der Waals surface area contributed by atoms with Crippen LogP contribution in [0.4, 0.5) is 0 Å². The zero-order chi connectivity index (χ0) is 25.0. The van der Waals surface area contributed by atoms with Gasteiger partial charge >= 0.3 is 0 Å². The number of aromatic nitrogens is 3. The third-order valence-electron chi connectivity index (χ3n) is 9.00. The van der Waals surface area contributed by atoms with Crippen molar-refractivity contribution in [2.75, 3.05) is 7.11 Å². The van der Waals surface area contributed by atoms with Crippen molar-refractivity contribution >= 4 is 43.6 Å². The van der Waals surface area contributed by atoms with Gasteiger partial charge in [-0.05, 0) is 48.7 Å². The predicted molar refractivity (Wildman–Crippen MR) is 155 cm³/mol. The van der Waals surface area contributed by atoms with Crippen molar-refractivity contribution in [3.63, 3.8) is 0 Å². The molecule has 0 bridgehead atoms. The SMILES string of the molecule is COC1CCn2c3ccccc3c3ccc4c(c5c(n4-c4ccccc4)CCc4c-5n1c1ccccc41)c32. The molecule has 1 aliphatic carbocycles. The van der Waals surface area contributed by atoms with Gasteiger partial charge in [-0.1, -0.05) is 60.7 Å². The van der Waals surface area contributed by atoms with Crippen LogP contribution in [0.3, 0.4) is 0 Å². The maximum absolute atomic E-state index is 6.31. The Morgan fingerprint density at radius 1 is 0.711 bits per heavy atom. The van der Waals surface area contributed by atoms with Crippen LogP contribution in [0.15, 0.2) is 91.0 Å². The van der Waals surface area contributed by atoms with Gasteiger partial charge < -0.3 is 18.4 Å². The summed E-state index contributed by atoms with van der Waals surface area (Å²) in [5.41, 5.74) is 12.1. The molecule has 0 radical (unpaired) electrons. The number of fused-ring (bicyclic) bond motifs is 6. The van der Waals surface area contributed by atoms with Crippen molar-refractivity contribution in [3.8, 4) is 16.9 Å². The highest BCUT2D eigenvalue weighted by molar-refractivity contribution is 6.22. The fraction of sp³-hybridized carbons (Fsp3) is 0.176. The lowest BCUT2D eigenvalue weighted by molar-refractivity contribution is 0.0387. The molecule has 4 nitrogen and oxygen atoms in total. The zero-order valence-corrected chi connectivity index (χ0v) is 21.3. The van der Waals surface area contributed by atoms with Gasteiger partial charge in [-0.25, -0.2) is 0 Å². The van der Waals surface area contributed by atoms with Gasteiger partial charge in [-0.3, -0.25) is 0 Å². The van der Waals surface area contributed by atoms with E-state index < -0.39 is 0 Å². The number of methoxy groups -OCH3 is 1. The fourth-order valence-electron chi connectivity index (χ4n) is 7.56. The minimum Gasteiger partial charge on any atom is -0.361 e. The predicted octanol–water partition coefficient (Wildman–Crippen LogP) is 8.01. The van der Waals surface area contributed by atoms with E-state index >= 15 is 0 Å². The summed E-state index contributed by atoms with van der Waals surface area (Å²) in [6.45, 7) is 0.897. The Bertz CT molecular complexity index is 2070. The number of ether oxygens (including phenoxy) is 1. The molecule has 0 spiro atoms. The Kier molecular flexibility index (Phi) is 4.04. The molecule has 4 aromatic carbocycles. The second-order valence-electron chi connectivity index (χ2n) is 10.7. The lowest BCUT2D eigenvalue weighted by Crippen LogP contribution is -2.16. The van der Waals surface area contributed by atoms with Crippen molar-refractivity contribution in [2.45, 2.75) is 32.0 Å². The highest BCUT2D eigenvalue weighted by Gasteiger charge is 2.35. The van der Waals surface area contributed by atoms with Gasteiger partial charge in [0.1, 0.15) is 6.23 Å². The summed E-state index contributed by atoms with van der Waals surface area (Å²) in [6.07, 6.45) is 2.90. The van der Waals surface area contributed by atoms with Crippen molar-refractivity contribution < 1.29 is 4.74 Å². The average molecular weight is 494 g/mol. The Morgan fingerprint density at radius 2 is 1.47 bits per heavy atom. The molecule has 7 aromatic rings. The summed E-state index contributed by atoms with van der Waals surface area (Å²) in [4.78, 5) is 0. The van der Waals surface area contributed by atoms with Crippen molar-refractivity contribution in [2.24, 2.45) is 0 Å². The number of hydrogen-bond acceptors (Lipinski definition) is 1. The topological polar surface area (TPSA) is 24.0 Å². The van der Waals surface area contributed by atoms with Gasteiger partial charge in [-0.15, -0.1) is 0 Å². The summed E-state index contributed by atoms with van der Waals surface area (Å²) < 4.78 is 13.9. The Hall–Kier alpha value is -4.28. The first-order valence-corrected chi connectivity index (χ1v) is 13.6. The second-order valence-corrected chi connectivity index (χ2v) is 10.7. The molecular formula is C34H27N3O. The number of rotatable bonds is 2. The summed E-state index contributed by atoms with van der Waals surface area (Å²) in [5, 5.41) is 5.41. The van der Waals surface area contributed by atoms with Crippen LogP contribution in [0.5, 0.6) is 0 Å². The third kappa shape index (κ3) is 2.44. The van der Waals surface area contributed by atoms with Crippen LogP contribution >= 0.6 is 0 Å². The summed E-state index contributed by atoms with van der Waals surface area (Å²) in [6, 6.07) is 33.4. The standard InChI is InChI=1S/C34H27N3O/c1-38-30-19-20-35-26-13-7-5-11-22(26)24-15-17-28-31(33(24)35)32-29(36(28)21-9-3-2-4-10-21)18-16-25-23-12-6-8-14-27(23)37(30)34(25)32/h2-15,17,30H,16,18-20H2,1H3. The van der Waals surface area contributed by atoms with Crippen LogP contribution in [0.25, 0.3) is 60.6 Å². The van der Waals surface area contributed by atoms with Gasteiger partial charge in [0.15, 0.2) is 0 Å². The molecular weight excluding hydrogens is 466 g/mol. The van der Waals surface area contributed by atoms with Crippen LogP contribution < -0.4 is 0 Å². The molecule has 0 amide bonds. The van der Waals surface area contributed by atoms with Gasteiger partial charge in [0, 0.05) is 64.1 Å². The number of benzene rings is 4. The number of para-hydroxylation sites is 3. The van der Waals surface area contributed by atoms with Gasteiger partial charge in [-0.2, -0.15) is 0 Å². The van der Waals surface area contributed by atoms with E-state index in [1.165, 1.54) is 71.8 Å². The molecule has 9 rings (SSSR count). The summed E-state index contributed by atoms with van der Waals surface area (Å²) in [7, 11) is 1.87. The number of aryl methyl sites for hydroxylation is 2. The van der Waals surface area contributed by atoms with E-state index in [0.29, 0.717) is 0 Å². The number of hydrogen-bond donors (Lipinski definition) is 0. The first-order valence-electron chi connectivity index (χ1n) is 13.6. The molecule has 2 aliphatic rings. The maximum Gasteiger partial charge on any atom is 0.135 e. The lowest BCUT2D eigenvalue weighted by Gasteiger charge is -2.24. The van der Waals surface area contributed by atoms with Crippen LogP contribution in [0, 0.1) is 0 Å². The molecule has 1 unspecified atom stereocenters. The van der Waals surface area contributed by atoms with E-state index in [-0.39, 0.29) is 6.23 Å². The van der Waals surface area contributed by atoms with Crippen LogP contribution in [-0.4, -0.2) is 20.8 Å². The lowest BCUT2D eigenvalue weighted by atomic mass is 9.91. The molecule has 1 atom stereocenters. The average Bonchev–Trinajstić information content (AvgIpc) is 3.60. The molecule has 0 N–H and O–H groups in total. The molecule has 0 fully saturated rings. The zero-order valence-electron chi connectivity index (χ0n) is 21.3. The van der Waals surface area contributed by atoms with Crippen LogP contribution in [0.1, 0.15) is 23.9 Å². The Morgan fingerprint density at radius 3 is 2.32 bits per heavy atom. The molecule has 38 heavy (non-hydrogen) atoms. The first kappa shape index (κ1) is 20.7. The highest BCUT2D eigenvalue weighted by atomic mass is 16.5. The van der Waals surface area contributed by atoms with Gasteiger partial charge in [0.05, 0.1) is 22.2 Å². The van der Waals surface area contributed by atoms with E-state index in [1.807, 2.05) is 7.11 Å². The van der Waals surface area contributed by atoms with E-state index in [1.54, 1.807) is 0 Å². The third-order valence-corrected chi connectivity index (χ3v) is 9.00. The summed E-state index contributed by atoms with van der Waals surface area (Å²) in [5.74, 6) is 0. The molecule has 4 heterocycles. The van der Waals surface area contributed by atoms with Crippen LogP contribution in [-0.2, 0) is 24.1 Å². The Labute approximate surface area is 220 Å². The maximum atomic E-state index is 6.31. The fourth-order valence-corrected chi connectivity index (χ4v) is 7.56. The van der Waals surface area contributed by atoms with E-state index in [2.05, 4.69) is 105 Å². The smallest absolute Gasteiger partial charge is 0.135 e. The largest absolute Gasteiger partial charge is 0.361 e. The highest BCUT2D eigenvalue weighted by Crippen LogP contribution is 2.51. The quantitative estimate of drug-likeness (QED) is 0.239. The van der Waals surface area contributed by atoms with E-state index in [9.17, 15) is 0 Å². The van der Waals surface area contributed by atoms with Crippen molar-refractivity contribution in [1.29, 1.82) is 0 Å². The molecule has 0 saturated heterocycles. The van der Waals surface area contributed by atoms with E-state index in [0.717, 1.165) is 25.8 Å². The van der Waals surface area contributed by atoms with Crippen molar-refractivity contribution in [3.05, 3.63) is 102 Å². The minimum absolute atomic E-state index is 0.0461.